The minimum atomic E-state index is 0.221. The topological polar surface area (TPSA) is 90.3 Å². The van der Waals surface area contributed by atoms with Crippen LogP contribution < -0.4 is 5.32 Å². The summed E-state index contributed by atoms with van der Waals surface area (Å²) in [7, 11) is 0. The van der Waals surface area contributed by atoms with Crippen molar-refractivity contribution in [2.24, 2.45) is 0 Å². The van der Waals surface area contributed by atoms with E-state index in [1.54, 1.807) is 12.1 Å². The molecule has 0 saturated carbocycles. The number of hydrogen-bond donors (Lipinski definition) is 2. The zero-order valence-corrected chi connectivity index (χ0v) is 11.2. The van der Waals surface area contributed by atoms with Crippen LogP contribution in [0.4, 0.5) is 5.69 Å². The summed E-state index contributed by atoms with van der Waals surface area (Å²) < 4.78 is 0.876. The monoisotopic (exact) mass is 324 g/mol. The molecule has 1 aromatic heterocycles. The molecule has 1 aromatic carbocycles. The molecule has 0 fully saturated rings. The number of H-pyrrole nitrogens is 1. The molecule has 0 aliphatic carbocycles. The Bertz CT molecular complexity index is 616. The molecule has 0 atom stereocenters. The highest BCUT2D eigenvalue weighted by molar-refractivity contribution is 9.10. The Morgan fingerprint density at radius 3 is 3.00 bits per heavy atom. The molecule has 90 valence electrons. The van der Waals surface area contributed by atoms with E-state index in [-0.39, 0.29) is 11.4 Å². The van der Waals surface area contributed by atoms with Crippen LogP contribution in [-0.2, 0) is 0 Å². The first kappa shape index (κ1) is 12.5. The van der Waals surface area contributed by atoms with E-state index in [2.05, 4.69) is 41.9 Å². The lowest BCUT2D eigenvalue weighted by molar-refractivity contribution is 0.881. The predicted molar refractivity (Wildman–Crippen MR) is 70.5 cm³/mol. The van der Waals surface area contributed by atoms with Crippen LogP contribution in [0, 0.1) is 11.3 Å². The van der Waals surface area contributed by atoms with Gasteiger partial charge in [-0.2, -0.15) is 10.5 Å². The third kappa shape index (κ3) is 2.85. The van der Waals surface area contributed by atoms with Crippen LogP contribution in [-0.4, -0.2) is 20.6 Å². The maximum Gasteiger partial charge on any atom is 0.216 e. The summed E-state index contributed by atoms with van der Waals surface area (Å²) in [6, 6.07) is 7.34. The second-order valence-corrected chi connectivity index (χ2v) is 4.50. The van der Waals surface area contributed by atoms with Crippen molar-refractivity contribution in [3.8, 4) is 6.07 Å². The number of allylic oxidation sites excluding steroid dienone is 1. The molecule has 2 aromatic rings. The van der Waals surface area contributed by atoms with E-state index in [9.17, 15) is 0 Å². The van der Waals surface area contributed by atoms with E-state index in [1.807, 2.05) is 12.1 Å². The van der Waals surface area contributed by atoms with Gasteiger partial charge in [0.15, 0.2) is 0 Å². The zero-order chi connectivity index (χ0) is 13.0. The number of nitrogens with one attached hydrogen (secondary N) is 2. The van der Waals surface area contributed by atoms with Crippen molar-refractivity contribution < 1.29 is 0 Å². The summed E-state index contributed by atoms with van der Waals surface area (Å²) in [5.74, 6) is 0.221. The second kappa shape index (κ2) is 5.62. The minimum Gasteiger partial charge on any atom is -0.359 e. The second-order valence-electron chi connectivity index (χ2n) is 3.17. The van der Waals surface area contributed by atoms with Crippen molar-refractivity contribution in [1.29, 1.82) is 5.26 Å². The van der Waals surface area contributed by atoms with E-state index in [4.69, 9.17) is 16.9 Å². The molecular formula is C10H6BrClN6. The standard InChI is InChI=1S/C10H6BrClN6/c11-7-1-2-9(8(12)3-7)14-5-6(4-13)10-15-17-18-16-10/h1-3,5,14H,(H,15,16,17,18). The third-order valence-corrected chi connectivity index (χ3v) is 2.82. The summed E-state index contributed by atoms with van der Waals surface area (Å²) in [5, 5.41) is 25.5. The average Bonchev–Trinajstić information content (AvgIpc) is 2.86. The highest BCUT2D eigenvalue weighted by atomic mass is 79.9. The Balaban J connectivity index is 2.22. The van der Waals surface area contributed by atoms with E-state index in [0.717, 1.165) is 4.47 Å². The lowest BCUT2D eigenvalue weighted by atomic mass is 10.3. The summed E-state index contributed by atoms with van der Waals surface area (Å²) in [5.41, 5.74) is 0.929. The van der Waals surface area contributed by atoms with Gasteiger partial charge in [0.2, 0.25) is 5.82 Å². The molecule has 6 nitrogen and oxygen atoms in total. The molecule has 2 N–H and O–H groups in total. The number of tetrazole rings is 1. The predicted octanol–water partition coefficient (Wildman–Crippen LogP) is 2.59. The highest BCUT2D eigenvalue weighted by Gasteiger charge is 2.06. The molecule has 0 spiro atoms. The largest absolute Gasteiger partial charge is 0.359 e. The Morgan fingerprint density at radius 1 is 1.56 bits per heavy atom. The number of benzene rings is 1. The number of anilines is 1. The Morgan fingerprint density at radius 2 is 2.39 bits per heavy atom. The molecule has 18 heavy (non-hydrogen) atoms. The van der Waals surface area contributed by atoms with E-state index >= 15 is 0 Å². The molecule has 0 radical (unpaired) electrons. The van der Waals surface area contributed by atoms with Crippen LogP contribution in [0.25, 0.3) is 5.57 Å². The zero-order valence-electron chi connectivity index (χ0n) is 8.85. The van der Waals surface area contributed by atoms with E-state index in [1.165, 1.54) is 6.20 Å². The maximum atomic E-state index is 8.97. The molecule has 0 amide bonds. The summed E-state index contributed by atoms with van der Waals surface area (Å²) in [6.45, 7) is 0. The fourth-order valence-corrected chi connectivity index (χ4v) is 1.91. The number of nitriles is 1. The quantitative estimate of drug-likeness (QED) is 0.847. The van der Waals surface area contributed by atoms with Crippen LogP contribution in [0.5, 0.6) is 0 Å². The van der Waals surface area contributed by atoms with Crippen LogP contribution in [0.2, 0.25) is 5.02 Å². The molecule has 1 heterocycles. The first-order valence-electron chi connectivity index (χ1n) is 4.76. The van der Waals surface area contributed by atoms with Gasteiger partial charge in [-0.1, -0.05) is 27.5 Å². The van der Waals surface area contributed by atoms with Gasteiger partial charge in [0, 0.05) is 10.7 Å². The van der Waals surface area contributed by atoms with Gasteiger partial charge < -0.3 is 5.32 Å². The first-order valence-corrected chi connectivity index (χ1v) is 5.93. The van der Waals surface area contributed by atoms with Gasteiger partial charge in [-0.25, -0.2) is 0 Å². The highest BCUT2D eigenvalue weighted by Crippen LogP contribution is 2.26. The molecule has 0 aliphatic heterocycles. The van der Waals surface area contributed by atoms with Crippen LogP contribution in [0.1, 0.15) is 5.82 Å². The van der Waals surface area contributed by atoms with Crippen molar-refractivity contribution in [3.05, 3.63) is 39.7 Å². The molecule has 8 heteroatoms. The molecule has 2 rings (SSSR count). The van der Waals surface area contributed by atoms with Gasteiger partial charge in [0.25, 0.3) is 0 Å². The number of nitrogens with zero attached hydrogens (tertiary/aromatic N) is 4. The Labute approximate surface area is 116 Å². The first-order chi connectivity index (χ1) is 8.70. The van der Waals surface area contributed by atoms with Gasteiger partial charge >= 0.3 is 0 Å². The molecule has 0 unspecified atom stereocenters. The molecule has 0 bridgehead atoms. The van der Waals surface area contributed by atoms with Gasteiger partial charge in [-0.05, 0) is 23.4 Å². The molecular weight excluding hydrogens is 320 g/mol. The smallest absolute Gasteiger partial charge is 0.216 e. The van der Waals surface area contributed by atoms with Gasteiger partial charge in [0.1, 0.15) is 11.6 Å². The number of aromatic amines is 1. The Hall–Kier alpha value is -1.91. The fraction of sp³-hybridized carbons (Fsp3) is 0. The third-order valence-electron chi connectivity index (χ3n) is 2.01. The van der Waals surface area contributed by atoms with Crippen molar-refractivity contribution >= 4 is 38.8 Å². The fourth-order valence-electron chi connectivity index (χ4n) is 1.18. The average molecular weight is 326 g/mol. The lowest BCUT2D eigenvalue weighted by Crippen LogP contribution is -1.93. The summed E-state index contributed by atoms with van der Waals surface area (Å²) in [4.78, 5) is 0. The van der Waals surface area contributed by atoms with E-state index in [0.29, 0.717) is 10.7 Å². The van der Waals surface area contributed by atoms with Crippen LogP contribution in [0.3, 0.4) is 0 Å². The van der Waals surface area contributed by atoms with E-state index < -0.39 is 0 Å². The Kier molecular flexibility index (Phi) is 3.92. The van der Waals surface area contributed by atoms with Crippen molar-refractivity contribution in [2.75, 3.05) is 5.32 Å². The number of halogens is 2. The molecule has 0 aliphatic rings. The maximum absolute atomic E-state index is 8.97. The van der Waals surface area contributed by atoms with Crippen LogP contribution in [0.15, 0.2) is 28.9 Å². The SMILES string of the molecule is N#CC(=CNc1ccc(Br)cc1Cl)c1nn[nH]n1. The normalized spacial score (nSPS) is 11.1. The number of hydrogen-bond acceptors (Lipinski definition) is 5. The summed E-state index contributed by atoms with van der Waals surface area (Å²) in [6.07, 6.45) is 1.47. The van der Waals surface area contributed by atoms with Crippen molar-refractivity contribution in [2.45, 2.75) is 0 Å². The van der Waals surface area contributed by atoms with Gasteiger partial charge in [0.05, 0.1) is 10.7 Å². The molecule has 0 saturated heterocycles. The van der Waals surface area contributed by atoms with Gasteiger partial charge in [-0.3, -0.25) is 0 Å². The van der Waals surface area contributed by atoms with Crippen molar-refractivity contribution in [3.63, 3.8) is 0 Å². The lowest BCUT2D eigenvalue weighted by Gasteiger charge is -2.04. The van der Waals surface area contributed by atoms with Crippen molar-refractivity contribution in [1.82, 2.24) is 20.6 Å². The summed E-state index contributed by atoms with van der Waals surface area (Å²) >= 11 is 9.34. The minimum absolute atomic E-state index is 0.221. The van der Waals surface area contributed by atoms with Gasteiger partial charge in [-0.15, -0.1) is 10.2 Å². The number of rotatable bonds is 3. The number of aromatic nitrogens is 4. The van der Waals surface area contributed by atoms with Crippen LogP contribution >= 0.6 is 27.5 Å².